The lowest BCUT2D eigenvalue weighted by molar-refractivity contribution is 0.0313. The molecule has 6 unspecified atom stereocenters. The van der Waals surface area contributed by atoms with Crippen LogP contribution in [0.1, 0.15) is 109 Å². The average molecular weight is 917 g/mol. The van der Waals surface area contributed by atoms with Gasteiger partial charge in [0.05, 0.1) is 38.5 Å². The van der Waals surface area contributed by atoms with Crippen LogP contribution < -0.4 is 10.2 Å². The Balaban J connectivity index is 0.000000163. The number of anilines is 2. The van der Waals surface area contributed by atoms with E-state index in [4.69, 9.17) is 18.9 Å². The Morgan fingerprint density at radius 1 is 0.515 bits per heavy atom. The minimum atomic E-state index is -0.274. The van der Waals surface area contributed by atoms with Crippen molar-refractivity contribution in [3.63, 3.8) is 0 Å². The molecule has 1 N–H and O–H groups in total. The molecule has 2 heterocycles. The number of ether oxygens (including phenoxy) is 4. The Kier molecular flexibility index (Phi) is 14.4. The molecule has 4 aliphatic carbocycles. The first-order chi connectivity index (χ1) is 33.5. The first-order valence-corrected chi connectivity index (χ1v) is 25.0. The smallest absolute Gasteiger partial charge is 0.410 e. The normalized spacial score (nSPS) is 23.0. The maximum Gasteiger partial charge on any atom is 0.410 e. The molecule has 0 aromatic heterocycles. The van der Waals surface area contributed by atoms with Gasteiger partial charge in [0, 0.05) is 52.9 Å². The zero-order valence-corrected chi connectivity index (χ0v) is 38.9. The highest BCUT2D eigenvalue weighted by atomic mass is 16.6. The average Bonchev–Trinajstić information content (AvgIpc) is 4.31. The summed E-state index contributed by atoms with van der Waals surface area (Å²) in [6.07, 6.45) is 10.2. The molecule has 11 rings (SSSR count). The fraction of sp³-hybridized carbons (Fsp3) is 0.421. The van der Waals surface area contributed by atoms with Gasteiger partial charge in [-0.3, -0.25) is 14.6 Å². The second kappa shape index (κ2) is 21.4. The van der Waals surface area contributed by atoms with Crippen molar-refractivity contribution >= 4 is 29.5 Å². The van der Waals surface area contributed by atoms with E-state index in [1.807, 2.05) is 119 Å². The first kappa shape index (κ1) is 45.6. The van der Waals surface area contributed by atoms with E-state index in [0.29, 0.717) is 50.0 Å². The number of benzene rings is 5. The maximum atomic E-state index is 13.8. The van der Waals surface area contributed by atoms with Crippen LogP contribution in [0.15, 0.2) is 140 Å². The van der Waals surface area contributed by atoms with Crippen LogP contribution in [0, 0.1) is 11.8 Å². The summed E-state index contributed by atoms with van der Waals surface area (Å²) < 4.78 is 22.9. The molecule has 0 spiro atoms. The molecule has 11 heteroatoms. The van der Waals surface area contributed by atoms with Gasteiger partial charge < -0.3 is 29.2 Å². The van der Waals surface area contributed by atoms with Gasteiger partial charge in [-0.15, -0.1) is 0 Å². The summed E-state index contributed by atoms with van der Waals surface area (Å²) >= 11 is 0. The van der Waals surface area contributed by atoms with Crippen LogP contribution in [0.4, 0.5) is 21.0 Å². The minimum Gasteiger partial charge on any atom is -0.447 e. The second-order valence-corrected chi connectivity index (χ2v) is 19.2. The molecule has 4 fully saturated rings. The third kappa shape index (κ3) is 10.3. The van der Waals surface area contributed by atoms with Gasteiger partial charge in [-0.2, -0.15) is 0 Å². The lowest BCUT2D eigenvalue weighted by Gasteiger charge is -2.47. The Hall–Kier alpha value is -6.17. The van der Waals surface area contributed by atoms with Crippen LogP contribution in [-0.2, 0) is 32.2 Å². The zero-order chi connectivity index (χ0) is 46.2. The zero-order valence-electron chi connectivity index (χ0n) is 38.9. The number of hydrogen-bond acceptors (Lipinski definition) is 8. The van der Waals surface area contributed by atoms with Gasteiger partial charge in [0.15, 0.2) is 0 Å². The van der Waals surface area contributed by atoms with Crippen molar-refractivity contribution < 1.29 is 33.3 Å². The summed E-state index contributed by atoms with van der Waals surface area (Å²) in [5.41, 5.74) is 7.30. The fourth-order valence-corrected chi connectivity index (χ4v) is 11.3. The third-order valence-electron chi connectivity index (χ3n) is 14.6. The molecule has 3 amide bonds. The molecule has 354 valence electrons. The number of nitrogens with zero attached hydrogens (tertiary/aromatic N) is 3. The maximum absolute atomic E-state index is 13.8. The second-order valence-electron chi connectivity index (χ2n) is 19.2. The van der Waals surface area contributed by atoms with Crippen molar-refractivity contribution in [3.8, 4) is 0 Å². The van der Waals surface area contributed by atoms with Crippen LogP contribution in [0.25, 0.3) is 0 Å². The van der Waals surface area contributed by atoms with Gasteiger partial charge in [0.25, 0.3) is 5.91 Å². The number of rotatable bonds is 15. The molecular formula is C57H64N4O7. The molecule has 11 nitrogen and oxygen atoms in total. The number of carbonyl (C=O) groups excluding carboxylic acids is 3. The number of amides is 3. The third-order valence-corrected chi connectivity index (χ3v) is 14.6. The molecule has 5 aromatic rings. The number of nitrogens with one attached hydrogen (secondary N) is 1. The minimum absolute atomic E-state index is 0.0320. The summed E-state index contributed by atoms with van der Waals surface area (Å²) in [7, 11) is 0. The van der Waals surface area contributed by atoms with Gasteiger partial charge in [-0.1, -0.05) is 128 Å². The largest absolute Gasteiger partial charge is 0.447 e. The van der Waals surface area contributed by atoms with Crippen molar-refractivity contribution in [2.45, 2.75) is 114 Å². The predicted octanol–water partition coefficient (Wildman–Crippen LogP) is 11.5. The molecule has 4 saturated carbocycles. The Morgan fingerprint density at radius 2 is 1.01 bits per heavy atom. The highest BCUT2D eigenvalue weighted by molar-refractivity contribution is 6.07. The number of para-hydroxylation sites is 2. The highest BCUT2D eigenvalue weighted by Gasteiger charge is 2.52. The molecule has 5 aromatic carbocycles. The van der Waals surface area contributed by atoms with Crippen molar-refractivity contribution in [1.82, 2.24) is 9.80 Å². The molecule has 6 atom stereocenters. The first-order valence-electron chi connectivity index (χ1n) is 25.0. The van der Waals surface area contributed by atoms with E-state index in [-0.39, 0.29) is 61.4 Å². The van der Waals surface area contributed by atoms with E-state index < -0.39 is 0 Å². The Bertz CT molecular complexity index is 2470. The topological polar surface area (TPSA) is 110 Å². The van der Waals surface area contributed by atoms with E-state index in [9.17, 15) is 14.4 Å². The van der Waals surface area contributed by atoms with Gasteiger partial charge in [-0.25, -0.2) is 9.59 Å². The lowest BCUT2D eigenvalue weighted by atomic mass is 9.81. The van der Waals surface area contributed by atoms with Gasteiger partial charge in [0.1, 0.15) is 13.2 Å². The predicted molar refractivity (Wildman–Crippen MR) is 262 cm³/mol. The van der Waals surface area contributed by atoms with Crippen LogP contribution in [0.3, 0.4) is 0 Å². The van der Waals surface area contributed by atoms with Crippen molar-refractivity contribution in [2.75, 3.05) is 36.6 Å². The quantitative estimate of drug-likeness (QED) is 0.103. The van der Waals surface area contributed by atoms with Crippen molar-refractivity contribution in [2.24, 2.45) is 11.8 Å². The van der Waals surface area contributed by atoms with Crippen LogP contribution in [0.5, 0.6) is 0 Å². The van der Waals surface area contributed by atoms with Crippen molar-refractivity contribution in [3.05, 3.63) is 167 Å². The fourth-order valence-electron chi connectivity index (χ4n) is 11.3. The van der Waals surface area contributed by atoms with Gasteiger partial charge >= 0.3 is 12.2 Å². The van der Waals surface area contributed by atoms with Crippen molar-refractivity contribution in [1.29, 1.82) is 0 Å². The standard InChI is InChI=1S/C32H34N2O4.C25H30N2O3/c35-31(24-12-5-2-6-13-24)34-28-16-8-7-14-26(28)30(27-15-9-17-29(27)34)33(25-18-19-25)32(36)38-21-20-37-22-23-10-3-1-4-11-23;28-25(30-16-15-29-17-18-7-2-1-3-8-18)27(19-13-14-19)24-20-9-4-5-11-22(20)26-23-12-6-10-21(23)24/h1-8,10-14,16,25,27,29-30H,9,15,17-22H2;1-5,7-9,11,19,21,23-24,26H,6,10,12-17H2. The van der Waals surface area contributed by atoms with Crippen LogP contribution in [0.2, 0.25) is 0 Å². The molecule has 0 saturated heterocycles. The van der Waals surface area contributed by atoms with Gasteiger partial charge in [-0.05, 0) is 97.9 Å². The molecule has 2 aliphatic heterocycles. The lowest BCUT2D eigenvalue weighted by Crippen LogP contribution is -2.53. The van der Waals surface area contributed by atoms with E-state index in [0.717, 1.165) is 73.7 Å². The molecule has 0 radical (unpaired) electrons. The molecule has 0 bridgehead atoms. The molecular weight excluding hydrogens is 853 g/mol. The summed E-state index contributed by atoms with van der Waals surface area (Å²) in [6.45, 7) is 2.30. The molecule has 6 aliphatic rings. The molecule has 68 heavy (non-hydrogen) atoms. The summed E-state index contributed by atoms with van der Waals surface area (Å²) in [5, 5.41) is 3.72. The number of fused-ring (bicyclic) bond motifs is 4. The van der Waals surface area contributed by atoms with E-state index in [1.165, 1.54) is 24.1 Å². The number of carbonyl (C=O) groups is 3. The number of hydrogen-bond donors (Lipinski definition) is 1. The Labute approximate surface area is 400 Å². The summed E-state index contributed by atoms with van der Waals surface area (Å²) in [6, 6.07) is 47.2. The SMILES string of the molecule is O=C(OCCOCc1ccccc1)N(C1CC1)C1c2ccccc2NC2CCCC21.O=C(c1ccccc1)N1c2ccccc2C(N(C(=O)OCCOCc2ccccc2)C2CC2)C2CCCC21. The Morgan fingerprint density at radius 3 is 1.62 bits per heavy atom. The van der Waals surface area contributed by atoms with E-state index in [1.54, 1.807) is 0 Å². The highest BCUT2D eigenvalue weighted by Crippen LogP contribution is 2.53. The van der Waals surface area contributed by atoms with Gasteiger partial charge in [0.2, 0.25) is 0 Å². The summed E-state index contributed by atoms with van der Waals surface area (Å²) in [4.78, 5) is 46.6. The van der Waals surface area contributed by atoms with Crippen LogP contribution >= 0.6 is 0 Å². The monoisotopic (exact) mass is 916 g/mol. The van der Waals surface area contributed by atoms with E-state index in [2.05, 4.69) is 40.5 Å². The summed E-state index contributed by atoms with van der Waals surface area (Å²) in [5.74, 6) is 0.673. The van der Waals surface area contributed by atoms with E-state index >= 15 is 0 Å². The van der Waals surface area contributed by atoms with Crippen LogP contribution in [-0.4, -0.2) is 78.5 Å².